The van der Waals surface area contributed by atoms with E-state index in [0.717, 1.165) is 36.5 Å². The number of piperidine rings is 1. The van der Waals surface area contributed by atoms with E-state index in [9.17, 15) is 13.2 Å². The number of fused-ring (bicyclic) bond motifs is 3. The van der Waals surface area contributed by atoms with Crippen LogP contribution in [0, 0.1) is 5.41 Å². The first-order valence-electron chi connectivity index (χ1n) is 8.75. The van der Waals surface area contributed by atoms with Crippen molar-refractivity contribution in [3.8, 4) is 0 Å². The minimum atomic E-state index is -4.76. The van der Waals surface area contributed by atoms with Gasteiger partial charge in [0.25, 0.3) is 0 Å². The van der Waals surface area contributed by atoms with Gasteiger partial charge in [-0.15, -0.1) is 4.28 Å². The van der Waals surface area contributed by atoms with Crippen LogP contribution in [-0.2, 0) is 47.4 Å². The van der Waals surface area contributed by atoms with E-state index in [-0.39, 0.29) is 62.2 Å². The Labute approximate surface area is 181 Å². The summed E-state index contributed by atoms with van der Waals surface area (Å²) in [4.78, 5) is 14.2. The van der Waals surface area contributed by atoms with E-state index in [4.69, 9.17) is 14.8 Å². The molecule has 145 valence electrons. The molecule has 2 atom stereocenters. The molecule has 0 unspecified atom stereocenters. The van der Waals surface area contributed by atoms with Crippen molar-refractivity contribution in [2.24, 2.45) is 11.1 Å². The Morgan fingerprint density at radius 2 is 2.07 bits per heavy atom. The van der Waals surface area contributed by atoms with Crippen LogP contribution in [0.2, 0.25) is 0 Å². The molecular formula is C15H20N4O6SY. The van der Waals surface area contributed by atoms with Gasteiger partial charge in [-0.1, -0.05) is 5.16 Å². The molecule has 12 heteroatoms. The average molecular weight is 473 g/mol. The van der Waals surface area contributed by atoms with Gasteiger partial charge in [0.05, 0.1) is 12.1 Å². The summed E-state index contributed by atoms with van der Waals surface area (Å²) in [6, 6.07) is 0.838. The molecule has 2 aliphatic heterocycles. The Kier molecular flexibility index (Phi) is 4.72. The third kappa shape index (κ3) is 3.26. The Balaban J connectivity index is 0.00000180. The number of hydroxylamine groups is 2. The molecule has 3 N–H and O–H groups in total. The number of carbonyl (C=O) groups excluding carboxylic acids is 1. The van der Waals surface area contributed by atoms with Gasteiger partial charge in [-0.3, -0.25) is 4.55 Å². The van der Waals surface area contributed by atoms with E-state index in [0.29, 0.717) is 18.7 Å². The predicted octanol–water partition coefficient (Wildman–Crippen LogP) is 0.942. The molecule has 2 bridgehead atoms. The summed E-state index contributed by atoms with van der Waals surface area (Å²) in [6.45, 7) is 0.343. The molecule has 2 aliphatic carbocycles. The minimum absolute atomic E-state index is 0. The Hall–Kier alpha value is -0.586. The maximum atomic E-state index is 12.7. The van der Waals surface area contributed by atoms with E-state index >= 15 is 0 Å². The van der Waals surface area contributed by atoms with Crippen LogP contribution < -0.4 is 5.73 Å². The molecule has 3 heterocycles. The zero-order valence-corrected chi connectivity index (χ0v) is 18.2. The summed E-state index contributed by atoms with van der Waals surface area (Å²) in [5, 5.41) is 4.99. The Bertz CT molecular complexity index is 865. The summed E-state index contributed by atoms with van der Waals surface area (Å²) >= 11 is 0. The van der Waals surface area contributed by atoms with Gasteiger partial charge in [-0.25, -0.2) is 4.79 Å². The van der Waals surface area contributed by atoms with E-state index in [2.05, 4.69) is 9.44 Å². The van der Waals surface area contributed by atoms with Crippen molar-refractivity contribution in [3.05, 3.63) is 17.5 Å². The summed E-state index contributed by atoms with van der Waals surface area (Å²) < 4.78 is 41.3. The van der Waals surface area contributed by atoms with Crippen LogP contribution in [0.1, 0.15) is 55.5 Å². The molecule has 2 saturated carbocycles. The number of rotatable bonds is 4. The monoisotopic (exact) mass is 473 g/mol. The average Bonchev–Trinajstić information content (AvgIpc) is 3.02. The number of hydrogen-bond acceptors (Lipinski definition) is 7. The summed E-state index contributed by atoms with van der Waals surface area (Å²) in [6.07, 6.45) is 4.16. The Morgan fingerprint density at radius 1 is 1.37 bits per heavy atom. The molecule has 4 aliphatic rings. The van der Waals surface area contributed by atoms with E-state index in [1.165, 1.54) is 0 Å². The van der Waals surface area contributed by atoms with Crippen molar-refractivity contribution in [2.45, 2.75) is 56.1 Å². The van der Waals surface area contributed by atoms with E-state index in [1.54, 1.807) is 4.90 Å². The normalized spacial score (nSPS) is 33.8. The maximum absolute atomic E-state index is 12.7. The third-order valence-corrected chi connectivity index (χ3v) is 6.65. The SMILES string of the molecule is NC1CC(c2cc([C@@H]3CC4(CC4)[C@@H]4CN3C(=O)N4OS(=O)(=O)O)no2)C1.[Y]. The zero-order valence-electron chi connectivity index (χ0n) is 14.5. The number of carbonyl (C=O) groups is 1. The van der Waals surface area contributed by atoms with Crippen molar-refractivity contribution in [1.82, 2.24) is 15.1 Å². The standard InChI is InChI=1S/C15H20N4O6S.Y/c16-9-3-8(4-9)12-5-10(17-24-12)11-6-15(1-2-15)13-7-18(11)14(20)19(13)25-26(21,22)23;/h5,8-9,11,13H,1-4,6-7,16H2,(H,21,22,23);/t8?,9?,11-,13-;/m0./s1. The first kappa shape index (κ1) is 19.7. The molecule has 5 rings (SSSR count). The fourth-order valence-corrected chi connectivity index (χ4v) is 5.00. The molecule has 2 saturated heterocycles. The van der Waals surface area contributed by atoms with Crippen LogP contribution in [-0.4, -0.2) is 52.7 Å². The van der Waals surface area contributed by atoms with Crippen LogP contribution in [0.5, 0.6) is 0 Å². The molecule has 10 nitrogen and oxygen atoms in total. The van der Waals surface area contributed by atoms with Gasteiger partial charge in [0.15, 0.2) is 0 Å². The fraction of sp³-hybridized carbons (Fsp3) is 0.733. The molecule has 27 heavy (non-hydrogen) atoms. The van der Waals surface area contributed by atoms with Crippen molar-refractivity contribution in [1.29, 1.82) is 0 Å². The first-order chi connectivity index (χ1) is 12.3. The number of amides is 2. The summed E-state index contributed by atoms with van der Waals surface area (Å²) in [7, 11) is -4.76. The first-order valence-corrected chi connectivity index (χ1v) is 10.1. The second-order valence-electron chi connectivity index (χ2n) is 7.94. The molecule has 1 aromatic heterocycles. The van der Waals surface area contributed by atoms with Crippen LogP contribution in [0.3, 0.4) is 0 Å². The molecule has 1 spiro atoms. The molecule has 4 fully saturated rings. The van der Waals surface area contributed by atoms with Crippen LogP contribution in [0.4, 0.5) is 4.79 Å². The van der Waals surface area contributed by atoms with Gasteiger partial charge >= 0.3 is 16.4 Å². The summed E-state index contributed by atoms with van der Waals surface area (Å²) in [5.74, 6) is 1.05. The predicted molar refractivity (Wildman–Crippen MR) is 85.8 cm³/mol. The third-order valence-electron chi connectivity index (χ3n) is 6.30. The van der Waals surface area contributed by atoms with Crippen LogP contribution in [0.15, 0.2) is 10.6 Å². The van der Waals surface area contributed by atoms with Crippen molar-refractivity contribution in [2.75, 3.05) is 6.54 Å². The smallest absolute Gasteiger partial charge is 0.361 e. The summed E-state index contributed by atoms with van der Waals surface area (Å²) in [5.41, 5.74) is 6.30. The number of nitrogens with zero attached hydrogens (tertiary/aromatic N) is 3. The van der Waals surface area contributed by atoms with Gasteiger partial charge in [0, 0.05) is 57.3 Å². The van der Waals surface area contributed by atoms with E-state index in [1.807, 2.05) is 6.07 Å². The largest absolute Gasteiger partial charge is 0.418 e. The van der Waals surface area contributed by atoms with Gasteiger partial charge < -0.3 is 15.2 Å². The van der Waals surface area contributed by atoms with Crippen molar-refractivity contribution >= 4 is 16.4 Å². The number of nitrogens with two attached hydrogens (primary N) is 1. The van der Waals surface area contributed by atoms with Gasteiger partial charge in [0.1, 0.15) is 11.5 Å². The second kappa shape index (κ2) is 6.46. The quantitative estimate of drug-likeness (QED) is 0.617. The number of urea groups is 1. The fourth-order valence-electron chi connectivity index (χ4n) is 4.63. The van der Waals surface area contributed by atoms with Gasteiger partial charge in [0.2, 0.25) is 0 Å². The van der Waals surface area contributed by atoms with E-state index < -0.39 is 16.4 Å². The number of aromatic nitrogens is 1. The molecular weight excluding hydrogens is 453 g/mol. The Morgan fingerprint density at radius 3 is 2.67 bits per heavy atom. The molecule has 1 aromatic rings. The van der Waals surface area contributed by atoms with Crippen LogP contribution >= 0.6 is 0 Å². The molecule has 1 radical (unpaired) electrons. The second-order valence-corrected chi connectivity index (χ2v) is 8.95. The van der Waals surface area contributed by atoms with Crippen molar-refractivity contribution < 1.29 is 59.3 Å². The van der Waals surface area contributed by atoms with Crippen LogP contribution in [0.25, 0.3) is 0 Å². The van der Waals surface area contributed by atoms with Crippen molar-refractivity contribution in [3.63, 3.8) is 0 Å². The van der Waals surface area contributed by atoms with Gasteiger partial charge in [-0.05, 0) is 37.5 Å². The van der Waals surface area contributed by atoms with Gasteiger partial charge in [-0.2, -0.15) is 13.5 Å². The zero-order chi connectivity index (χ0) is 18.3. The number of hydrogen-bond donors (Lipinski definition) is 2. The maximum Gasteiger partial charge on any atom is 0.418 e. The molecule has 0 aromatic carbocycles. The minimum Gasteiger partial charge on any atom is -0.361 e. The topological polar surface area (TPSA) is 139 Å². The molecule has 2 amide bonds.